The van der Waals surface area contributed by atoms with E-state index in [1.807, 2.05) is 20.9 Å². The summed E-state index contributed by atoms with van der Waals surface area (Å²) in [4.78, 5) is 51.6. The molecule has 1 aromatic carbocycles. The Bertz CT molecular complexity index is 939. The van der Waals surface area contributed by atoms with Gasteiger partial charge < -0.3 is 14.9 Å². The van der Waals surface area contributed by atoms with Crippen LogP contribution in [0, 0.1) is 11.8 Å². The van der Waals surface area contributed by atoms with Crippen LogP contribution < -0.4 is 5.32 Å². The van der Waals surface area contributed by atoms with E-state index in [1.165, 1.54) is 18.0 Å². The number of carbonyl (C=O) groups excluding carboxylic acids is 4. The first kappa shape index (κ1) is 25.2. The molecule has 0 saturated carbocycles. The van der Waals surface area contributed by atoms with Crippen LogP contribution in [0.3, 0.4) is 0 Å². The van der Waals surface area contributed by atoms with Gasteiger partial charge in [-0.1, -0.05) is 31.8 Å². The summed E-state index contributed by atoms with van der Waals surface area (Å²) < 4.78 is 0. The number of hydrogen-bond acceptors (Lipinski definition) is 6. The minimum atomic E-state index is -1.13. The van der Waals surface area contributed by atoms with Gasteiger partial charge in [0.05, 0.1) is 5.56 Å². The standard InChI is InChI=1S/C22H25N3O5.C2H6/c1-24-12-10-22(30,11-13-24)9-8-15-4-3-5-16(17(15)14-26)21(29)25(2)18-6-7-19(27)23-20(18)28;1-2/h3-5,14,18,30H,6-7,10-13H2,1-2H3,(H,23,27,28);1-2H3. The molecule has 8 nitrogen and oxygen atoms in total. The first-order valence-corrected chi connectivity index (χ1v) is 10.9. The summed E-state index contributed by atoms with van der Waals surface area (Å²) in [6, 6.07) is 3.95. The number of benzene rings is 1. The number of amides is 3. The molecule has 2 N–H and O–H groups in total. The molecular formula is C24H31N3O5. The van der Waals surface area contributed by atoms with Gasteiger partial charge >= 0.3 is 0 Å². The van der Waals surface area contributed by atoms with E-state index in [4.69, 9.17) is 0 Å². The summed E-state index contributed by atoms with van der Waals surface area (Å²) in [5.74, 6) is 4.34. The fraction of sp³-hybridized carbons (Fsp3) is 0.500. The van der Waals surface area contributed by atoms with Gasteiger partial charge in [0.15, 0.2) is 6.29 Å². The maximum absolute atomic E-state index is 13.0. The van der Waals surface area contributed by atoms with E-state index in [-0.39, 0.29) is 29.9 Å². The third-order valence-electron chi connectivity index (χ3n) is 5.70. The first-order valence-electron chi connectivity index (χ1n) is 10.9. The topological polar surface area (TPSA) is 107 Å². The van der Waals surface area contributed by atoms with Gasteiger partial charge in [-0.15, -0.1) is 0 Å². The summed E-state index contributed by atoms with van der Waals surface area (Å²) in [5.41, 5.74) is -0.541. The zero-order valence-electron chi connectivity index (χ0n) is 19.1. The van der Waals surface area contributed by atoms with Crippen LogP contribution in [0.2, 0.25) is 0 Å². The molecule has 8 heteroatoms. The van der Waals surface area contributed by atoms with Crippen LogP contribution in [0.5, 0.6) is 0 Å². The van der Waals surface area contributed by atoms with Crippen molar-refractivity contribution in [2.24, 2.45) is 0 Å². The summed E-state index contributed by atoms with van der Waals surface area (Å²) in [7, 11) is 3.45. The van der Waals surface area contributed by atoms with Crippen molar-refractivity contribution in [1.82, 2.24) is 15.1 Å². The number of hydrogen-bond donors (Lipinski definition) is 2. The number of carbonyl (C=O) groups is 4. The Morgan fingerprint density at radius 2 is 1.94 bits per heavy atom. The average Bonchev–Trinajstić information content (AvgIpc) is 2.80. The van der Waals surface area contributed by atoms with Gasteiger partial charge in [0.2, 0.25) is 11.8 Å². The lowest BCUT2D eigenvalue weighted by Crippen LogP contribution is -2.53. The largest absolute Gasteiger partial charge is 0.377 e. The summed E-state index contributed by atoms with van der Waals surface area (Å²) in [6.45, 7) is 5.45. The van der Waals surface area contributed by atoms with E-state index in [9.17, 15) is 24.3 Å². The van der Waals surface area contributed by atoms with E-state index in [0.29, 0.717) is 24.7 Å². The number of imide groups is 1. The average molecular weight is 442 g/mol. The third kappa shape index (κ3) is 5.81. The molecule has 0 radical (unpaired) electrons. The van der Waals surface area contributed by atoms with Crippen molar-refractivity contribution in [3.8, 4) is 11.8 Å². The molecule has 1 atom stereocenters. The number of piperidine rings is 2. The van der Waals surface area contributed by atoms with Gasteiger partial charge in [0.1, 0.15) is 11.6 Å². The van der Waals surface area contributed by atoms with Crippen molar-refractivity contribution in [3.63, 3.8) is 0 Å². The Kier molecular flexibility index (Phi) is 8.70. The number of nitrogens with one attached hydrogen (secondary N) is 1. The first-order chi connectivity index (χ1) is 15.2. The Labute approximate surface area is 189 Å². The normalized spacial score (nSPS) is 20.1. The van der Waals surface area contributed by atoms with Crippen LogP contribution >= 0.6 is 0 Å². The number of likely N-dealkylation sites (tertiary alicyclic amines) is 1. The smallest absolute Gasteiger partial charge is 0.255 e. The van der Waals surface area contributed by atoms with Crippen molar-refractivity contribution < 1.29 is 24.3 Å². The Hall–Kier alpha value is -3.02. The quantitative estimate of drug-likeness (QED) is 0.415. The molecule has 0 bridgehead atoms. The maximum atomic E-state index is 13.0. The van der Waals surface area contributed by atoms with Gasteiger partial charge in [-0.05, 0) is 25.6 Å². The highest BCUT2D eigenvalue weighted by Gasteiger charge is 2.33. The molecule has 172 valence electrons. The number of nitrogens with zero attached hydrogens (tertiary/aromatic N) is 2. The van der Waals surface area contributed by atoms with Crippen molar-refractivity contribution in [1.29, 1.82) is 0 Å². The highest BCUT2D eigenvalue weighted by atomic mass is 16.3. The molecule has 2 heterocycles. The SMILES string of the molecule is CC.CN1CCC(O)(C#Cc2cccc(C(=O)N(C)C3CCC(=O)NC3=O)c2C=O)CC1. The summed E-state index contributed by atoms with van der Waals surface area (Å²) in [5, 5.41) is 12.9. The lowest BCUT2D eigenvalue weighted by Gasteiger charge is -2.32. The predicted octanol–water partition coefficient (Wildman–Crippen LogP) is 1.21. The Morgan fingerprint density at radius 3 is 2.53 bits per heavy atom. The van der Waals surface area contributed by atoms with Crippen LogP contribution in [-0.4, -0.2) is 77.7 Å². The van der Waals surface area contributed by atoms with Gasteiger partial charge in [-0.2, -0.15) is 0 Å². The minimum Gasteiger partial charge on any atom is -0.377 e. The molecule has 0 spiro atoms. The van der Waals surface area contributed by atoms with E-state index >= 15 is 0 Å². The minimum absolute atomic E-state index is 0.116. The molecule has 2 fully saturated rings. The molecule has 3 amide bonds. The molecule has 0 aromatic heterocycles. The molecule has 1 unspecified atom stereocenters. The molecule has 2 saturated heterocycles. The number of aldehydes is 1. The Balaban J connectivity index is 0.00000176. The fourth-order valence-corrected chi connectivity index (χ4v) is 3.67. The van der Waals surface area contributed by atoms with E-state index < -0.39 is 23.5 Å². The number of rotatable bonds is 3. The zero-order chi connectivity index (χ0) is 23.9. The number of aliphatic hydroxyl groups is 1. The van der Waals surface area contributed by atoms with Crippen LogP contribution in [0.15, 0.2) is 18.2 Å². The predicted molar refractivity (Wildman–Crippen MR) is 120 cm³/mol. The summed E-state index contributed by atoms with van der Waals surface area (Å²) >= 11 is 0. The van der Waals surface area contributed by atoms with E-state index in [2.05, 4.69) is 22.1 Å². The highest BCUT2D eigenvalue weighted by Crippen LogP contribution is 2.22. The molecule has 2 aliphatic heterocycles. The van der Waals surface area contributed by atoms with Crippen LogP contribution in [-0.2, 0) is 9.59 Å². The van der Waals surface area contributed by atoms with Crippen LogP contribution in [0.1, 0.15) is 65.8 Å². The van der Waals surface area contributed by atoms with Gasteiger partial charge in [0.25, 0.3) is 5.91 Å². The fourth-order valence-electron chi connectivity index (χ4n) is 3.67. The molecule has 32 heavy (non-hydrogen) atoms. The molecule has 1 aromatic rings. The summed E-state index contributed by atoms with van der Waals surface area (Å²) in [6.07, 6.45) is 1.94. The van der Waals surface area contributed by atoms with Gasteiger partial charge in [-0.3, -0.25) is 24.5 Å². The number of likely N-dealkylation sites (N-methyl/N-ethyl adjacent to an activating group) is 1. The van der Waals surface area contributed by atoms with Crippen molar-refractivity contribution in [2.45, 2.75) is 51.2 Å². The van der Waals surface area contributed by atoms with E-state index in [0.717, 1.165) is 13.1 Å². The zero-order valence-corrected chi connectivity index (χ0v) is 19.1. The molecule has 0 aliphatic carbocycles. The Morgan fingerprint density at radius 1 is 1.28 bits per heavy atom. The van der Waals surface area contributed by atoms with Crippen molar-refractivity contribution in [3.05, 3.63) is 34.9 Å². The molecule has 2 aliphatic rings. The molecule has 3 rings (SSSR count). The van der Waals surface area contributed by atoms with Crippen molar-refractivity contribution >= 4 is 24.0 Å². The van der Waals surface area contributed by atoms with Gasteiger partial charge in [0, 0.05) is 50.5 Å². The van der Waals surface area contributed by atoms with Crippen LogP contribution in [0.4, 0.5) is 0 Å². The second kappa shape index (κ2) is 11.0. The second-order valence-electron chi connectivity index (χ2n) is 7.85. The lowest BCUT2D eigenvalue weighted by molar-refractivity contribution is -0.136. The van der Waals surface area contributed by atoms with Crippen LogP contribution in [0.25, 0.3) is 0 Å². The highest BCUT2D eigenvalue weighted by molar-refractivity contribution is 6.06. The van der Waals surface area contributed by atoms with Gasteiger partial charge in [-0.25, -0.2) is 0 Å². The second-order valence-corrected chi connectivity index (χ2v) is 7.85. The monoisotopic (exact) mass is 441 g/mol. The lowest BCUT2D eigenvalue weighted by atomic mass is 9.91. The van der Waals surface area contributed by atoms with Crippen molar-refractivity contribution in [2.75, 3.05) is 27.2 Å². The molecular weight excluding hydrogens is 410 g/mol. The maximum Gasteiger partial charge on any atom is 0.255 e. The van der Waals surface area contributed by atoms with E-state index in [1.54, 1.807) is 12.1 Å². The third-order valence-corrected chi connectivity index (χ3v) is 5.70.